The predicted octanol–water partition coefficient (Wildman–Crippen LogP) is 6.47. The van der Waals surface area contributed by atoms with E-state index in [2.05, 4.69) is 9.47 Å². The van der Waals surface area contributed by atoms with Crippen molar-refractivity contribution in [1.29, 1.82) is 0 Å². The van der Waals surface area contributed by atoms with Crippen molar-refractivity contribution in [3.63, 3.8) is 0 Å². The number of rotatable bonds is 4. The molecule has 0 aromatic heterocycles. The van der Waals surface area contributed by atoms with E-state index in [0.717, 1.165) is 12.1 Å². The second-order valence-electron chi connectivity index (χ2n) is 7.18. The van der Waals surface area contributed by atoms with Crippen LogP contribution in [0.5, 0.6) is 0 Å². The molecule has 0 spiro atoms. The first kappa shape index (κ1) is 23.1. The van der Waals surface area contributed by atoms with E-state index < -0.39 is 35.3 Å². The number of alkyl halides is 6. The number of benzene rings is 1. The molecule has 1 atom stereocenters. The Kier molecular flexibility index (Phi) is 6.50. The molecule has 0 bridgehead atoms. The molecule has 0 saturated carbocycles. The highest BCUT2D eigenvalue weighted by molar-refractivity contribution is 5.62. The zero-order chi connectivity index (χ0) is 21.3. The topological polar surface area (TPSA) is 35.5 Å². The summed E-state index contributed by atoms with van der Waals surface area (Å²) >= 11 is 0. The van der Waals surface area contributed by atoms with Crippen LogP contribution in [0.4, 0.5) is 31.1 Å². The second kappa shape index (κ2) is 7.59. The largest absolute Gasteiger partial charge is 0.510 e. The van der Waals surface area contributed by atoms with Gasteiger partial charge in [-0.15, -0.1) is 0 Å². The van der Waals surface area contributed by atoms with Gasteiger partial charge in [-0.05, 0) is 38.7 Å². The van der Waals surface area contributed by atoms with Crippen molar-refractivity contribution < 1.29 is 40.6 Å². The number of carbonyl (C=O) groups is 1. The van der Waals surface area contributed by atoms with Crippen LogP contribution in [0.2, 0.25) is 0 Å². The molecule has 9 heteroatoms. The van der Waals surface area contributed by atoms with Gasteiger partial charge >= 0.3 is 24.1 Å². The van der Waals surface area contributed by atoms with Crippen molar-refractivity contribution in [2.45, 2.75) is 70.5 Å². The molecule has 1 unspecified atom stereocenters. The summed E-state index contributed by atoms with van der Waals surface area (Å²) in [6.45, 7) is 7.29. The first-order chi connectivity index (χ1) is 12.0. The van der Waals surface area contributed by atoms with Gasteiger partial charge in [-0.3, -0.25) is 0 Å². The highest BCUT2D eigenvalue weighted by Gasteiger charge is 2.75. The lowest BCUT2D eigenvalue weighted by molar-refractivity contribution is -0.377. The van der Waals surface area contributed by atoms with E-state index in [9.17, 15) is 31.1 Å². The minimum atomic E-state index is -5.96. The summed E-state index contributed by atoms with van der Waals surface area (Å²) in [4.78, 5) is 11.8. The smallest absolute Gasteiger partial charge is 0.429 e. The third-order valence-corrected chi connectivity index (χ3v) is 3.90. The molecule has 1 aromatic rings. The first-order valence-corrected chi connectivity index (χ1v) is 8.21. The zero-order valence-corrected chi connectivity index (χ0v) is 15.6. The molecule has 0 aliphatic carbocycles. The molecule has 0 aliphatic rings. The van der Waals surface area contributed by atoms with Crippen molar-refractivity contribution >= 4 is 6.16 Å². The third kappa shape index (κ3) is 5.07. The van der Waals surface area contributed by atoms with Crippen LogP contribution in [0.25, 0.3) is 0 Å². The van der Waals surface area contributed by atoms with Crippen molar-refractivity contribution in [1.82, 2.24) is 0 Å². The van der Waals surface area contributed by atoms with E-state index in [0.29, 0.717) is 12.5 Å². The summed E-state index contributed by atoms with van der Waals surface area (Å²) in [5.74, 6) is -0.286. The maximum absolute atomic E-state index is 13.7. The molecule has 3 nitrogen and oxygen atoms in total. The van der Waals surface area contributed by atoms with Gasteiger partial charge in [0.1, 0.15) is 5.60 Å². The van der Waals surface area contributed by atoms with Gasteiger partial charge in [0.05, 0.1) is 0 Å². The Labute approximate surface area is 153 Å². The summed E-state index contributed by atoms with van der Waals surface area (Å²) in [5, 5.41) is 0. The average molecular weight is 400 g/mol. The van der Waals surface area contributed by atoms with Crippen molar-refractivity contribution in [2.24, 2.45) is 0 Å². The van der Waals surface area contributed by atoms with Crippen molar-refractivity contribution in [2.75, 3.05) is 0 Å². The molecule has 27 heavy (non-hydrogen) atoms. The van der Waals surface area contributed by atoms with Crippen LogP contribution in [0.1, 0.15) is 58.1 Å². The normalized spacial score (nSPS) is 14.6. The Morgan fingerprint density at radius 3 is 1.93 bits per heavy atom. The lowest BCUT2D eigenvalue weighted by Gasteiger charge is -2.37. The Morgan fingerprint density at radius 1 is 1.00 bits per heavy atom. The second-order valence-corrected chi connectivity index (χ2v) is 7.18. The van der Waals surface area contributed by atoms with E-state index in [1.807, 2.05) is 0 Å². The van der Waals surface area contributed by atoms with Crippen LogP contribution in [-0.2, 0) is 15.1 Å². The van der Waals surface area contributed by atoms with E-state index in [4.69, 9.17) is 0 Å². The Balaban J connectivity index is 3.62. The number of carbonyl (C=O) groups excluding carboxylic acids is 1. The summed E-state index contributed by atoms with van der Waals surface area (Å²) in [6.07, 6.45) is -13.5. The van der Waals surface area contributed by atoms with Crippen LogP contribution in [0.3, 0.4) is 0 Å². The fourth-order valence-corrected chi connectivity index (χ4v) is 2.36. The van der Waals surface area contributed by atoms with Crippen LogP contribution in [-0.4, -0.2) is 24.1 Å². The quantitative estimate of drug-likeness (QED) is 0.429. The summed E-state index contributed by atoms with van der Waals surface area (Å²) < 4.78 is 90.8. The van der Waals surface area contributed by atoms with Crippen LogP contribution in [0.15, 0.2) is 24.3 Å². The fraction of sp³-hybridized carbons (Fsp3) is 0.611. The van der Waals surface area contributed by atoms with Gasteiger partial charge in [-0.25, -0.2) is 4.79 Å². The Bertz CT molecular complexity index is 644. The predicted molar refractivity (Wildman–Crippen MR) is 86.3 cm³/mol. The van der Waals surface area contributed by atoms with Gasteiger partial charge in [-0.1, -0.05) is 38.1 Å². The van der Waals surface area contributed by atoms with Gasteiger partial charge < -0.3 is 9.47 Å². The molecule has 0 aliphatic heterocycles. The van der Waals surface area contributed by atoms with Crippen LogP contribution in [0, 0.1) is 0 Å². The summed E-state index contributed by atoms with van der Waals surface area (Å²) in [5.41, 5.74) is -7.14. The molecule has 154 valence electrons. The lowest BCUT2D eigenvalue weighted by atomic mass is 9.88. The highest BCUT2D eigenvalue weighted by atomic mass is 19.4. The minimum absolute atomic E-state index is 0.265. The number of ether oxygens (including phenoxy) is 2. The van der Waals surface area contributed by atoms with Gasteiger partial charge in [-0.2, -0.15) is 26.3 Å². The van der Waals surface area contributed by atoms with E-state index in [1.165, 1.54) is 26.8 Å². The van der Waals surface area contributed by atoms with Crippen LogP contribution < -0.4 is 0 Å². The zero-order valence-electron chi connectivity index (χ0n) is 15.6. The Hall–Kier alpha value is -1.93. The molecular weight excluding hydrogens is 378 g/mol. The van der Waals surface area contributed by atoms with Gasteiger partial charge in [0.15, 0.2) is 0 Å². The Morgan fingerprint density at radius 2 is 1.52 bits per heavy atom. The molecule has 0 saturated heterocycles. The third-order valence-electron chi connectivity index (χ3n) is 3.90. The summed E-state index contributed by atoms with van der Waals surface area (Å²) in [6, 6.07) is 3.89. The molecule has 0 amide bonds. The maximum atomic E-state index is 13.7. The highest BCUT2D eigenvalue weighted by Crippen LogP contribution is 2.53. The molecular formula is C18H22F6O3. The molecule has 0 N–H and O–H groups in total. The van der Waals surface area contributed by atoms with E-state index >= 15 is 0 Å². The number of hydrogen-bond donors (Lipinski definition) is 0. The standard InChI is InChI=1S/C18H22F6O3/c1-6-11(2)12-8-7-9-13(10-12)16(17(19,20)21,18(22,23)24)27-14(25)26-15(3,4)5/h7-11H,6H2,1-5H3. The average Bonchev–Trinajstić information content (AvgIpc) is 2.47. The summed E-state index contributed by atoms with van der Waals surface area (Å²) in [7, 11) is 0. The molecule has 0 fully saturated rings. The van der Waals surface area contributed by atoms with E-state index in [1.54, 1.807) is 13.8 Å². The fourth-order valence-electron chi connectivity index (χ4n) is 2.36. The molecule has 1 rings (SSSR count). The number of halogens is 6. The lowest BCUT2D eigenvalue weighted by Crippen LogP contribution is -2.57. The monoisotopic (exact) mass is 400 g/mol. The van der Waals surface area contributed by atoms with Gasteiger partial charge in [0.25, 0.3) is 0 Å². The molecule has 0 radical (unpaired) electrons. The minimum Gasteiger partial charge on any atom is -0.429 e. The van der Waals surface area contributed by atoms with Gasteiger partial charge in [0, 0.05) is 5.56 Å². The molecule has 1 aromatic carbocycles. The SMILES string of the molecule is CCC(C)c1cccc(C(OC(=O)OC(C)(C)C)(C(F)(F)F)C(F)(F)F)c1. The van der Waals surface area contributed by atoms with Crippen LogP contribution >= 0.6 is 0 Å². The van der Waals surface area contributed by atoms with Crippen molar-refractivity contribution in [3.05, 3.63) is 35.4 Å². The number of hydrogen-bond acceptors (Lipinski definition) is 3. The maximum Gasteiger partial charge on any atom is 0.510 e. The first-order valence-electron chi connectivity index (χ1n) is 8.21. The van der Waals surface area contributed by atoms with Crippen molar-refractivity contribution in [3.8, 4) is 0 Å². The van der Waals surface area contributed by atoms with E-state index in [-0.39, 0.29) is 11.5 Å². The molecule has 0 heterocycles. The van der Waals surface area contributed by atoms with Gasteiger partial charge in [0.2, 0.25) is 0 Å².